The maximum Gasteiger partial charge on any atom is 0.162 e. The Bertz CT molecular complexity index is 826. The molecule has 2 N–H and O–H groups in total. The second-order valence-corrected chi connectivity index (χ2v) is 8.70. The van der Waals surface area contributed by atoms with Crippen LogP contribution in [0.15, 0.2) is 12.3 Å². The van der Waals surface area contributed by atoms with Crippen LogP contribution in [0.3, 0.4) is 0 Å². The average Bonchev–Trinajstić information content (AvgIpc) is 2.89. The summed E-state index contributed by atoms with van der Waals surface area (Å²) in [5.74, 6) is 0.492. The highest BCUT2D eigenvalue weighted by Crippen LogP contribution is 2.29. The lowest BCUT2D eigenvalue weighted by molar-refractivity contribution is 0.291. The van der Waals surface area contributed by atoms with Crippen molar-refractivity contribution in [2.75, 3.05) is 31.2 Å². The van der Waals surface area contributed by atoms with E-state index in [2.05, 4.69) is 15.4 Å². The Morgan fingerprint density at radius 3 is 2.79 bits per heavy atom. The van der Waals surface area contributed by atoms with Crippen molar-refractivity contribution in [1.29, 1.82) is 4.78 Å². The van der Waals surface area contributed by atoms with E-state index in [0.717, 1.165) is 42.7 Å². The van der Waals surface area contributed by atoms with Crippen LogP contribution in [0, 0.1) is 10.7 Å². The molecule has 0 spiro atoms. The number of pyridine rings is 1. The fraction of sp³-hybridized carbons (Fsp3) is 0.600. The van der Waals surface area contributed by atoms with E-state index in [9.17, 15) is 4.21 Å². The number of anilines is 1. The van der Waals surface area contributed by atoms with Gasteiger partial charge in [0.25, 0.3) is 0 Å². The van der Waals surface area contributed by atoms with Crippen molar-refractivity contribution in [3.05, 3.63) is 17.4 Å². The van der Waals surface area contributed by atoms with Gasteiger partial charge in [-0.1, -0.05) is 11.6 Å². The smallest absolute Gasteiger partial charge is 0.162 e. The first-order chi connectivity index (χ1) is 11.4. The molecule has 0 amide bonds. The number of halogens is 1. The van der Waals surface area contributed by atoms with Crippen LogP contribution in [-0.4, -0.2) is 49.2 Å². The Balaban J connectivity index is 1.68. The highest BCUT2D eigenvalue weighted by Gasteiger charge is 2.23. The van der Waals surface area contributed by atoms with E-state index in [1.807, 2.05) is 13.0 Å². The van der Waals surface area contributed by atoms with Crippen LogP contribution in [0.5, 0.6) is 0 Å². The van der Waals surface area contributed by atoms with Gasteiger partial charge in [0.15, 0.2) is 10.8 Å². The van der Waals surface area contributed by atoms with Crippen molar-refractivity contribution < 1.29 is 4.21 Å². The molecular formula is C15H23ClN6OS. The Labute approximate surface area is 147 Å². The van der Waals surface area contributed by atoms with Gasteiger partial charge in [-0.3, -0.25) is 0 Å². The molecule has 0 saturated carbocycles. The first-order valence-electron chi connectivity index (χ1n) is 8.14. The minimum absolute atomic E-state index is 0.470. The predicted octanol–water partition coefficient (Wildman–Crippen LogP) is 2.82. The lowest BCUT2D eigenvalue weighted by atomic mass is 9.98. The summed E-state index contributed by atoms with van der Waals surface area (Å²) in [5, 5.41) is 9.13. The normalized spacial score (nSPS) is 19.5. The molecule has 1 atom stereocenters. The van der Waals surface area contributed by atoms with E-state index < -0.39 is 9.92 Å². The number of rotatable bonds is 5. The van der Waals surface area contributed by atoms with Gasteiger partial charge in [-0.15, -0.1) is 0 Å². The van der Waals surface area contributed by atoms with E-state index in [1.165, 1.54) is 6.26 Å². The maximum atomic E-state index is 11.8. The summed E-state index contributed by atoms with van der Waals surface area (Å²) in [4.78, 5) is 4.38. The molecule has 0 aliphatic carbocycles. The number of hydrogen-bond donors (Lipinski definition) is 2. The maximum absolute atomic E-state index is 11.8. The molecule has 2 aromatic heterocycles. The molecule has 1 aliphatic rings. The van der Waals surface area contributed by atoms with E-state index in [1.54, 1.807) is 15.2 Å². The summed E-state index contributed by atoms with van der Waals surface area (Å²) in [6.45, 7) is 4.98. The summed E-state index contributed by atoms with van der Waals surface area (Å²) in [5.41, 5.74) is 1.74. The van der Waals surface area contributed by atoms with Gasteiger partial charge in [-0.2, -0.15) is 5.10 Å². The fourth-order valence-corrected chi connectivity index (χ4v) is 4.32. The molecule has 3 rings (SSSR count). The zero-order chi connectivity index (χ0) is 17.3. The summed E-state index contributed by atoms with van der Waals surface area (Å²) >= 11 is 6.28. The van der Waals surface area contributed by atoms with Crippen LogP contribution in [0.4, 0.5) is 5.69 Å². The minimum Gasteiger partial charge on any atom is -0.384 e. The first kappa shape index (κ1) is 17.4. The van der Waals surface area contributed by atoms with E-state index in [-0.39, 0.29) is 0 Å². The van der Waals surface area contributed by atoms with E-state index in [4.69, 9.17) is 16.4 Å². The van der Waals surface area contributed by atoms with Crippen molar-refractivity contribution in [3.8, 4) is 0 Å². The molecule has 2 aromatic rings. The third kappa shape index (κ3) is 3.50. The molecule has 0 unspecified atom stereocenters. The third-order valence-electron chi connectivity index (χ3n) is 4.54. The van der Waals surface area contributed by atoms with Crippen molar-refractivity contribution >= 4 is 38.2 Å². The Kier molecular flexibility index (Phi) is 4.98. The van der Waals surface area contributed by atoms with Crippen molar-refractivity contribution in [1.82, 2.24) is 19.1 Å². The molecule has 0 radical (unpaired) electrons. The number of aromatic nitrogens is 3. The number of piperidine rings is 1. The van der Waals surface area contributed by atoms with Crippen molar-refractivity contribution in [3.63, 3.8) is 0 Å². The number of hydrogen-bond acceptors (Lipinski definition) is 5. The van der Waals surface area contributed by atoms with Crippen LogP contribution >= 0.6 is 11.6 Å². The lowest BCUT2D eigenvalue weighted by Crippen LogP contribution is -2.38. The summed E-state index contributed by atoms with van der Waals surface area (Å²) in [7, 11) is -2.57. The second-order valence-electron chi connectivity index (χ2n) is 6.22. The van der Waals surface area contributed by atoms with Gasteiger partial charge in [0, 0.05) is 44.3 Å². The molecule has 3 heterocycles. The summed E-state index contributed by atoms with van der Waals surface area (Å²) < 4.78 is 23.0. The van der Waals surface area contributed by atoms with Gasteiger partial charge in [0.2, 0.25) is 0 Å². The predicted molar refractivity (Wildman–Crippen MR) is 97.8 cm³/mol. The van der Waals surface area contributed by atoms with Gasteiger partial charge in [-0.25, -0.2) is 23.0 Å². The highest BCUT2D eigenvalue weighted by atomic mass is 35.5. The molecule has 1 aliphatic heterocycles. The molecule has 132 valence electrons. The minimum atomic E-state index is -2.57. The molecular weight excluding hydrogens is 348 g/mol. The quantitative estimate of drug-likeness (QED) is 0.847. The third-order valence-corrected chi connectivity index (χ3v) is 6.15. The number of nitrogens with one attached hydrogen (secondary N) is 2. The zero-order valence-corrected chi connectivity index (χ0v) is 15.5. The Morgan fingerprint density at radius 2 is 2.17 bits per heavy atom. The monoisotopic (exact) mass is 370 g/mol. The van der Waals surface area contributed by atoms with E-state index >= 15 is 0 Å². The molecule has 0 aromatic carbocycles. The Hall–Kier alpha value is -1.38. The zero-order valence-electron chi connectivity index (χ0n) is 14.0. The van der Waals surface area contributed by atoms with Gasteiger partial charge in [0.05, 0.1) is 5.39 Å². The lowest BCUT2D eigenvalue weighted by Gasteiger charge is -2.31. The second kappa shape index (κ2) is 6.85. The summed E-state index contributed by atoms with van der Waals surface area (Å²) in [6.07, 6.45) is 5.14. The van der Waals surface area contributed by atoms with Crippen LogP contribution in [0.25, 0.3) is 11.0 Å². The standard InChI is InChI=1S/C15H23ClN6OS/c1-3-22-15-13(14(16)20-22)12(4-7-18-15)19-10-11-5-8-21(9-6-11)24(2,17)23/h4,7,11,17H,3,5-6,8-10H2,1-2H3,(H,18,19)/t24-/m0/s1. The van der Waals surface area contributed by atoms with Gasteiger partial charge in [0.1, 0.15) is 9.92 Å². The number of fused-ring (bicyclic) bond motifs is 1. The van der Waals surface area contributed by atoms with Crippen molar-refractivity contribution in [2.24, 2.45) is 5.92 Å². The van der Waals surface area contributed by atoms with Crippen LogP contribution < -0.4 is 5.32 Å². The van der Waals surface area contributed by atoms with Crippen molar-refractivity contribution in [2.45, 2.75) is 26.3 Å². The number of nitrogens with zero attached hydrogens (tertiary/aromatic N) is 4. The largest absolute Gasteiger partial charge is 0.384 e. The molecule has 7 nitrogen and oxygen atoms in total. The van der Waals surface area contributed by atoms with Crippen LogP contribution in [0.1, 0.15) is 19.8 Å². The average molecular weight is 371 g/mol. The molecule has 24 heavy (non-hydrogen) atoms. The topological polar surface area (TPSA) is 86.9 Å². The van der Waals surface area contributed by atoms with Gasteiger partial charge >= 0.3 is 0 Å². The first-order valence-corrected chi connectivity index (χ1v) is 10.4. The van der Waals surface area contributed by atoms with Crippen LogP contribution in [0.2, 0.25) is 5.15 Å². The molecule has 0 bridgehead atoms. The van der Waals surface area contributed by atoms with E-state index in [0.29, 0.717) is 24.2 Å². The van der Waals surface area contributed by atoms with Crippen LogP contribution in [-0.2, 0) is 16.5 Å². The molecule has 1 fully saturated rings. The fourth-order valence-electron chi connectivity index (χ4n) is 3.14. The highest BCUT2D eigenvalue weighted by molar-refractivity contribution is 7.89. The number of aryl methyl sites for hydroxylation is 1. The molecule has 9 heteroatoms. The Morgan fingerprint density at radius 1 is 1.46 bits per heavy atom. The van der Waals surface area contributed by atoms with Gasteiger partial charge < -0.3 is 5.32 Å². The van der Waals surface area contributed by atoms with Gasteiger partial charge in [-0.05, 0) is 31.7 Å². The SMILES string of the molecule is CCn1nc(Cl)c2c(NCC3CCN([S@](C)(=N)=O)CC3)ccnc21. The summed E-state index contributed by atoms with van der Waals surface area (Å²) in [6, 6.07) is 1.92. The molecule has 1 saturated heterocycles.